The Kier molecular flexibility index (Phi) is 5.16. The summed E-state index contributed by atoms with van der Waals surface area (Å²) in [6.07, 6.45) is 1.77. The highest BCUT2D eigenvalue weighted by atomic mass is 32.2. The predicted octanol–water partition coefficient (Wildman–Crippen LogP) is 3.24. The van der Waals surface area contributed by atoms with Crippen molar-refractivity contribution in [1.29, 1.82) is 0 Å². The molecule has 1 fully saturated rings. The molecule has 2 aromatic rings. The van der Waals surface area contributed by atoms with Crippen LogP contribution in [0.3, 0.4) is 0 Å². The molecule has 5 nitrogen and oxygen atoms in total. The molecule has 2 N–H and O–H groups in total. The number of carbonyl (C=O) groups excluding carboxylic acids is 1. The molecule has 1 atom stereocenters. The summed E-state index contributed by atoms with van der Waals surface area (Å²) in [5.41, 5.74) is 3.78. The number of amides is 1. The molecule has 1 amide bonds. The molecule has 0 heterocycles. The van der Waals surface area contributed by atoms with E-state index in [0.29, 0.717) is 5.56 Å². The quantitative estimate of drug-likeness (QED) is 0.817. The Morgan fingerprint density at radius 3 is 2.35 bits per heavy atom. The van der Waals surface area contributed by atoms with Crippen molar-refractivity contribution in [2.24, 2.45) is 0 Å². The van der Waals surface area contributed by atoms with Gasteiger partial charge in [-0.05, 0) is 69.0 Å². The van der Waals surface area contributed by atoms with Gasteiger partial charge >= 0.3 is 0 Å². The summed E-state index contributed by atoms with van der Waals surface area (Å²) in [6, 6.07) is 12.1. The van der Waals surface area contributed by atoms with Crippen LogP contribution in [-0.4, -0.2) is 20.4 Å². The maximum atomic E-state index is 12.5. The van der Waals surface area contributed by atoms with E-state index in [1.165, 1.54) is 12.1 Å². The van der Waals surface area contributed by atoms with E-state index >= 15 is 0 Å². The fraction of sp³-hybridized carbons (Fsp3) is 0.350. The topological polar surface area (TPSA) is 75.3 Å². The first-order valence-electron chi connectivity index (χ1n) is 8.76. The van der Waals surface area contributed by atoms with E-state index < -0.39 is 10.0 Å². The smallest absolute Gasteiger partial charge is 0.251 e. The predicted molar refractivity (Wildman–Crippen MR) is 102 cm³/mol. The monoisotopic (exact) mass is 372 g/mol. The average molecular weight is 372 g/mol. The lowest BCUT2D eigenvalue weighted by Crippen LogP contribution is -2.28. The van der Waals surface area contributed by atoms with Gasteiger partial charge < -0.3 is 5.32 Å². The van der Waals surface area contributed by atoms with Gasteiger partial charge in [-0.3, -0.25) is 4.79 Å². The second-order valence-electron chi connectivity index (χ2n) is 6.98. The second kappa shape index (κ2) is 7.21. The SMILES string of the molecule is Cc1ccc(C)c([C@@H](C)NC(=O)c2ccc(S(=O)(=O)NC3CC3)cc2)c1. The summed E-state index contributed by atoms with van der Waals surface area (Å²) in [6.45, 7) is 5.98. The molecule has 138 valence electrons. The van der Waals surface area contributed by atoms with Crippen LogP contribution in [0.1, 0.15) is 52.9 Å². The third-order valence-corrected chi connectivity index (χ3v) is 6.11. The van der Waals surface area contributed by atoms with Gasteiger partial charge in [-0.1, -0.05) is 23.8 Å². The molecule has 0 aliphatic heterocycles. The molecule has 3 rings (SSSR count). The minimum Gasteiger partial charge on any atom is -0.346 e. The van der Waals surface area contributed by atoms with Crippen LogP contribution < -0.4 is 10.0 Å². The van der Waals surface area contributed by atoms with Crippen LogP contribution >= 0.6 is 0 Å². The standard InChI is InChI=1S/C20H24N2O3S/c1-13-4-5-14(2)19(12-13)15(3)21-20(23)16-6-10-18(11-7-16)26(24,25)22-17-8-9-17/h4-7,10-12,15,17,22H,8-9H2,1-3H3,(H,21,23)/t15-/m1/s1. The first kappa shape index (κ1) is 18.6. The van der Waals surface area contributed by atoms with Gasteiger partial charge in [-0.25, -0.2) is 13.1 Å². The Balaban J connectivity index is 1.70. The molecule has 1 saturated carbocycles. The lowest BCUT2D eigenvalue weighted by atomic mass is 10.00. The zero-order valence-electron chi connectivity index (χ0n) is 15.2. The van der Waals surface area contributed by atoms with Crippen LogP contribution in [0.4, 0.5) is 0 Å². The molecule has 6 heteroatoms. The molecule has 0 bridgehead atoms. The Morgan fingerprint density at radius 2 is 1.73 bits per heavy atom. The highest BCUT2D eigenvalue weighted by Gasteiger charge is 2.28. The van der Waals surface area contributed by atoms with Crippen molar-refractivity contribution in [3.05, 3.63) is 64.7 Å². The summed E-state index contributed by atoms with van der Waals surface area (Å²) >= 11 is 0. The second-order valence-corrected chi connectivity index (χ2v) is 8.69. The molecule has 1 aliphatic rings. The minimum absolute atomic E-state index is 0.0568. The molecular formula is C20H24N2O3S. The third-order valence-electron chi connectivity index (χ3n) is 4.57. The summed E-state index contributed by atoms with van der Waals surface area (Å²) in [5.74, 6) is -0.225. The zero-order valence-corrected chi connectivity index (χ0v) is 16.1. The fourth-order valence-electron chi connectivity index (χ4n) is 2.86. The van der Waals surface area contributed by atoms with Gasteiger partial charge in [-0.2, -0.15) is 0 Å². The van der Waals surface area contributed by atoms with E-state index in [1.54, 1.807) is 12.1 Å². The van der Waals surface area contributed by atoms with Crippen LogP contribution in [0.25, 0.3) is 0 Å². The first-order valence-corrected chi connectivity index (χ1v) is 10.2. The number of sulfonamides is 1. The summed E-state index contributed by atoms with van der Waals surface area (Å²) in [4.78, 5) is 12.7. The number of hydrogen-bond acceptors (Lipinski definition) is 3. The Hall–Kier alpha value is -2.18. The van der Waals surface area contributed by atoms with Crippen LogP contribution in [-0.2, 0) is 10.0 Å². The largest absolute Gasteiger partial charge is 0.346 e. The van der Waals surface area contributed by atoms with Gasteiger partial charge in [0.15, 0.2) is 0 Å². The van der Waals surface area contributed by atoms with E-state index in [9.17, 15) is 13.2 Å². The molecule has 0 saturated heterocycles. The van der Waals surface area contributed by atoms with Crippen molar-refractivity contribution in [3.63, 3.8) is 0 Å². The normalized spacial score (nSPS) is 15.5. The van der Waals surface area contributed by atoms with Crippen LogP contribution in [0.15, 0.2) is 47.4 Å². The fourth-order valence-corrected chi connectivity index (χ4v) is 4.16. The molecule has 1 aliphatic carbocycles. The summed E-state index contributed by atoms with van der Waals surface area (Å²) in [5, 5.41) is 2.98. The van der Waals surface area contributed by atoms with Gasteiger partial charge in [0, 0.05) is 11.6 Å². The van der Waals surface area contributed by atoms with E-state index in [4.69, 9.17) is 0 Å². The Labute approximate surface area is 154 Å². The maximum absolute atomic E-state index is 12.5. The minimum atomic E-state index is -3.50. The molecule has 0 aromatic heterocycles. The van der Waals surface area contributed by atoms with Crippen molar-refractivity contribution < 1.29 is 13.2 Å². The van der Waals surface area contributed by atoms with Crippen LogP contribution in [0, 0.1) is 13.8 Å². The van der Waals surface area contributed by atoms with Crippen LogP contribution in [0.2, 0.25) is 0 Å². The molecule has 0 radical (unpaired) electrons. The average Bonchev–Trinajstić information content (AvgIpc) is 3.40. The van der Waals surface area contributed by atoms with Gasteiger partial charge in [0.1, 0.15) is 0 Å². The first-order chi connectivity index (χ1) is 12.3. The molecule has 2 aromatic carbocycles. The van der Waals surface area contributed by atoms with Gasteiger partial charge in [0.2, 0.25) is 10.0 Å². The van der Waals surface area contributed by atoms with Crippen molar-refractivity contribution in [2.75, 3.05) is 0 Å². The number of benzene rings is 2. The number of carbonyl (C=O) groups is 1. The van der Waals surface area contributed by atoms with E-state index in [-0.39, 0.29) is 22.9 Å². The van der Waals surface area contributed by atoms with Crippen LogP contribution in [0.5, 0.6) is 0 Å². The molecule has 26 heavy (non-hydrogen) atoms. The summed E-state index contributed by atoms with van der Waals surface area (Å²) < 4.78 is 27.0. The third kappa shape index (κ3) is 4.31. The number of nitrogens with one attached hydrogen (secondary N) is 2. The highest BCUT2D eigenvalue weighted by molar-refractivity contribution is 7.89. The molecule has 0 spiro atoms. The van der Waals surface area contributed by atoms with Gasteiger partial charge in [0.05, 0.1) is 10.9 Å². The van der Waals surface area contributed by atoms with Gasteiger partial charge in [0.25, 0.3) is 5.91 Å². The number of aryl methyl sites for hydroxylation is 2. The number of hydrogen-bond donors (Lipinski definition) is 2. The lowest BCUT2D eigenvalue weighted by Gasteiger charge is -2.17. The number of rotatable bonds is 6. The van der Waals surface area contributed by atoms with Gasteiger partial charge in [-0.15, -0.1) is 0 Å². The Bertz CT molecular complexity index is 917. The molecular weight excluding hydrogens is 348 g/mol. The zero-order chi connectivity index (χ0) is 18.9. The Morgan fingerprint density at radius 1 is 1.08 bits per heavy atom. The summed E-state index contributed by atoms with van der Waals surface area (Å²) in [7, 11) is -3.50. The van der Waals surface area contributed by atoms with E-state index in [0.717, 1.165) is 29.5 Å². The van der Waals surface area contributed by atoms with Crippen molar-refractivity contribution >= 4 is 15.9 Å². The molecule has 0 unspecified atom stereocenters. The van der Waals surface area contributed by atoms with Crippen molar-refractivity contribution in [2.45, 2.75) is 50.6 Å². The van der Waals surface area contributed by atoms with E-state index in [1.807, 2.05) is 32.9 Å². The highest BCUT2D eigenvalue weighted by Crippen LogP contribution is 2.23. The van der Waals surface area contributed by atoms with E-state index in [2.05, 4.69) is 16.1 Å². The lowest BCUT2D eigenvalue weighted by molar-refractivity contribution is 0.0939. The van der Waals surface area contributed by atoms with Crippen molar-refractivity contribution in [3.8, 4) is 0 Å². The maximum Gasteiger partial charge on any atom is 0.251 e. The van der Waals surface area contributed by atoms with Crippen molar-refractivity contribution in [1.82, 2.24) is 10.0 Å².